The second-order valence-corrected chi connectivity index (χ2v) is 14.5. The summed E-state index contributed by atoms with van der Waals surface area (Å²) in [6.07, 6.45) is -0.838. The van der Waals surface area contributed by atoms with Gasteiger partial charge >= 0.3 is 25.3 Å². The van der Waals surface area contributed by atoms with Gasteiger partial charge in [0.05, 0.1) is 32.6 Å². The van der Waals surface area contributed by atoms with Crippen LogP contribution in [0.4, 0.5) is 15.3 Å². The topological polar surface area (TPSA) is 190 Å². The lowest BCUT2D eigenvalue weighted by Gasteiger charge is -2.23. The highest BCUT2D eigenvalue weighted by molar-refractivity contribution is 8.76. The van der Waals surface area contributed by atoms with Gasteiger partial charge < -0.3 is 34.6 Å². The summed E-state index contributed by atoms with van der Waals surface area (Å²) in [6.45, 7) is -0.943. The second kappa shape index (κ2) is 19.1. The van der Waals surface area contributed by atoms with Crippen LogP contribution in [-0.2, 0) is 32.9 Å². The van der Waals surface area contributed by atoms with Gasteiger partial charge in [-0.2, -0.15) is 0 Å². The predicted molar refractivity (Wildman–Crippen MR) is 189 cm³/mol. The maximum Gasteiger partial charge on any atom is 0.469 e. The summed E-state index contributed by atoms with van der Waals surface area (Å²) >= 11 is 5.87. The van der Waals surface area contributed by atoms with Gasteiger partial charge in [-0.3, -0.25) is 19.0 Å². The normalized spacial score (nSPS) is 12.7. The molecule has 0 aromatic heterocycles. The number of rotatable bonds is 18. The van der Waals surface area contributed by atoms with E-state index >= 15 is 0 Å². The van der Waals surface area contributed by atoms with Crippen molar-refractivity contribution in [1.29, 1.82) is 0 Å². The van der Waals surface area contributed by atoms with Gasteiger partial charge in [0, 0.05) is 23.1 Å². The number of nitrogens with one attached hydrogen (secondary N) is 2. The maximum atomic E-state index is 13.1. The molecule has 0 saturated carbocycles. The van der Waals surface area contributed by atoms with Gasteiger partial charge in [0.1, 0.15) is 19.3 Å². The summed E-state index contributed by atoms with van der Waals surface area (Å²) in [5.74, 6) is -1.40. The van der Waals surface area contributed by atoms with Crippen molar-refractivity contribution in [2.45, 2.75) is 16.9 Å². The van der Waals surface area contributed by atoms with E-state index in [2.05, 4.69) is 19.9 Å². The van der Waals surface area contributed by atoms with Crippen molar-refractivity contribution < 1.29 is 52.3 Å². The Morgan fingerprint density at radius 2 is 1.60 bits per heavy atom. The molecule has 14 nitrogen and oxygen atoms in total. The number of ether oxygens (including phenoxy) is 3. The van der Waals surface area contributed by atoms with Crippen LogP contribution in [-0.4, -0.2) is 91.5 Å². The highest BCUT2D eigenvalue weighted by atomic mass is 35.5. The molecule has 0 aliphatic heterocycles. The zero-order valence-electron chi connectivity index (χ0n) is 26.7. The molecule has 1 aliphatic carbocycles. The van der Waals surface area contributed by atoms with Crippen LogP contribution in [0.25, 0.3) is 11.1 Å². The molecule has 4 N–H and O–H groups in total. The molecule has 3 aromatic carbocycles. The third-order valence-electron chi connectivity index (χ3n) is 7.27. The molecule has 0 bridgehead atoms. The van der Waals surface area contributed by atoms with Gasteiger partial charge in [-0.15, -0.1) is 0 Å². The molecular weight excluding hydrogens is 733 g/mol. The number of para-hydroxylation sites is 1. The second-order valence-electron chi connectivity index (χ2n) is 10.5. The quantitative estimate of drug-likeness (QED) is 0.0341. The molecule has 268 valence electrons. The summed E-state index contributed by atoms with van der Waals surface area (Å²) in [5.41, 5.74) is 4.61. The number of phosphoric ester groups is 1. The smallest absolute Gasteiger partial charge is 0.467 e. The van der Waals surface area contributed by atoms with Gasteiger partial charge in [-0.1, -0.05) is 82.3 Å². The van der Waals surface area contributed by atoms with Gasteiger partial charge in [0.15, 0.2) is 0 Å². The van der Waals surface area contributed by atoms with E-state index in [9.17, 15) is 23.7 Å². The monoisotopic (exact) mass is 767 g/mol. The first-order valence-electron chi connectivity index (χ1n) is 15.1. The van der Waals surface area contributed by atoms with Crippen LogP contribution in [0.1, 0.15) is 17.0 Å². The lowest BCUT2D eigenvalue weighted by molar-refractivity contribution is -0.145. The first-order chi connectivity index (χ1) is 24.0. The lowest BCUT2D eigenvalue weighted by atomic mass is 9.98. The highest BCUT2D eigenvalue weighted by Crippen LogP contribution is 2.44. The number of phosphoric acid groups is 1. The van der Waals surface area contributed by atoms with Crippen molar-refractivity contribution in [2.75, 3.05) is 57.3 Å². The molecule has 18 heteroatoms. The molecule has 0 fully saturated rings. The summed E-state index contributed by atoms with van der Waals surface area (Å²) in [5, 5.41) is 4.31. The largest absolute Gasteiger partial charge is 0.469 e. The highest BCUT2D eigenvalue weighted by Gasteiger charge is 2.30. The van der Waals surface area contributed by atoms with Crippen LogP contribution in [0.15, 0.2) is 77.7 Å². The minimum absolute atomic E-state index is 0.00224. The SMILES string of the molecule is COC(=O)COCCN(C(=O)Cl)c1ccccc1SSCC(NC(=O)OCC1c2ccccc2-c2ccccc21)C(=O)NCCOP(=O)(O)O. The van der Waals surface area contributed by atoms with E-state index < -0.39 is 43.8 Å². The molecule has 0 spiro atoms. The number of anilines is 1. The molecule has 0 saturated heterocycles. The zero-order valence-corrected chi connectivity index (χ0v) is 30.0. The number of carbonyl (C=O) groups excluding carboxylic acids is 4. The number of methoxy groups -OCH3 is 1. The van der Waals surface area contributed by atoms with Gasteiger partial charge in [0.2, 0.25) is 5.91 Å². The number of esters is 1. The molecule has 4 rings (SSSR count). The number of hydrogen-bond donors (Lipinski definition) is 4. The van der Waals surface area contributed by atoms with Crippen molar-refractivity contribution in [1.82, 2.24) is 10.6 Å². The Bertz CT molecular complexity index is 1670. The number of hydrogen-bond acceptors (Lipinski definition) is 11. The van der Waals surface area contributed by atoms with Gasteiger partial charge in [-0.05, 0) is 46.0 Å². The molecule has 0 radical (unpaired) electrons. The average molecular weight is 768 g/mol. The fourth-order valence-electron chi connectivity index (χ4n) is 5.02. The van der Waals surface area contributed by atoms with Gasteiger partial charge in [0.25, 0.3) is 0 Å². The van der Waals surface area contributed by atoms with E-state index in [1.165, 1.54) is 33.6 Å². The molecule has 1 unspecified atom stereocenters. The number of benzene rings is 3. The third-order valence-corrected chi connectivity index (χ3v) is 10.4. The van der Waals surface area contributed by atoms with Crippen molar-refractivity contribution >= 4 is 70.0 Å². The minimum atomic E-state index is -4.74. The van der Waals surface area contributed by atoms with E-state index in [0.717, 1.165) is 22.3 Å². The molecule has 1 atom stereocenters. The van der Waals surface area contributed by atoms with E-state index in [4.69, 9.17) is 30.9 Å². The molecule has 0 heterocycles. The summed E-state index contributed by atoms with van der Waals surface area (Å²) in [4.78, 5) is 69.6. The Balaban J connectivity index is 1.40. The van der Waals surface area contributed by atoms with E-state index in [1.807, 2.05) is 48.5 Å². The zero-order chi connectivity index (χ0) is 36.1. The van der Waals surface area contributed by atoms with E-state index in [0.29, 0.717) is 10.6 Å². The van der Waals surface area contributed by atoms with Crippen LogP contribution >= 0.6 is 41.0 Å². The minimum Gasteiger partial charge on any atom is -0.467 e. The summed E-state index contributed by atoms with van der Waals surface area (Å²) in [6, 6.07) is 21.5. The maximum absolute atomic E-state index is 13.1. The first-order valence-corrected chi connectivity index (χ1v) is 19.3. The number of alkyl carbamates (subject to hydrolysis) is 1. The van der Waals surface area contributed by atoms with Crippen LogP contribution in [0, 0.1) is 0 Å². The molecular formula is C32H35ClN3O11PS2. The van der Waals surface area contributed by atoms with Gasteiger partial charge in [-0.25, -0.2) is 14.2 Å². The van der Waals surface area contributed by atoms with Crippen LogP contribution in [0.5, 0.6) is 0 Å². The standard InChI is InChI=1S/C32H35ClN3O11PS2/c1-44-29(37)19-45-17-15-36(31(33)39)27-12-6-7-13-28(27)50-49-20-26(30(38)34-14-16-47-48(41,42)43)35-32(40)46-18-25-23-10-4-2-8-21(23)22-9-3-5-11-24(22)25/h2-13,25-26H,14-20H2,1H3,(H,34,38)(H,35,40)(H2,41,42,43). The number of halogens is 1. The van der Waals surface area contributed by atoms with Crippen LogP contribution < -0.4 is 15.5 Å². The lowest BCUT2D eigenvalue weighted by Crippen LogP contribution is -2.49. The summed E-state index contributed by atoms with van der Waals surface area (Å²) < 4.78 is 30.8. The number of amides is 3. The Kier molecular flexibility index (Phi) is 15.0. The average Bonchev–Trinajstić information content (AvgIpc) is 3.41. The van der Waals surface area contributed by atoms with Crippen molar-refractivity contribution in [3.8, 4) is 11.1 Å². The van der Waals surface area contributed by atoms with Crippen molar-refractivity contribution in [3.63, 3.8) is 0 Å². The van der Waals surface area contributed by atoms with Crippen molar-refractivity contribution in [2.24, 2.45) is 0 Å². The van der Waals surface area contributed by atoms with Crippen molar-refractivity contribution in [3.05, 3.63) is 83.9 Å². The molecule has 3 amide bonds. The van der Waals surface area contributed by atoms with Crippen LogP contribution in [0.2, 0.25) is 0 Å². The fourth-order valence-corrected chi connectivity index (χ4v) is 7.90. The number of nitrogens with zero attached hydrogens (tertiary/aromatic N) is 1. The Morgan fingerprint density at radius 1 is 0.960 bits per heavy atom. The van der Waals surface area contributed by atoms with E-state index in [1.54, 1.807) is 24.3 Å². The summed E-state index contributed by atoms with van der Waals surface area (Å²) in [7, 11) is -1.11. The Hall–Kier alpha value is -3.60. The molecule has 1 aliphatic rings. The number of fused-ring (bicyclic) bond motifs is 3. The molecule has 3 aromatic rings. The fraction of sp³-hybridized carbons (Fsp3) is 0.312. The predicted octanol–water partition coefficient (Wildman–Crippen LogP) is 4.91. The Morgan fingerprint density at radius 3 is 2.24 bits per heavy atom. The molecule has 50 heavy (non-hydrogen) atoms. The first kappa shape index (κ1) is 39.2. The third kappa shape index (κ3) is 11.5. The van der Waals surface area contributed by atoms with Crippen LogP contribution in [0.3, 0.4) is 0 Å². The Labute approximate surface area is 301 Å². The van der Waals surface area contributed by atoms with E-state index in [-0.39, 0.29) is 44.6 Å². The number of carbonyl (C=O) groups is 4.